The van der Waals surface area contributed by atoms with Crippen molar-refractivity contribution in [3.63, 3.8) is 0 Å². The topological polar surface area (TPSA) is 64.7 Å². The largest absolute Gasteiger partial charge is 0.345 e. The zero-order chi connectivity index (χ0) is 19.7. The van der Waals surface area contributed by atoms with E-state index in [-0.39, 0.29) is 5.91 Å². The van der Waals surface area contributed by atoms with Crippen molar-refractivity contribution in [3.05, 3.63) is 82.4 Å². The van der Waals surface area contributed by atoms with Crippen LogP contribution in [0.1, 0.15) is 27.4 Å². The molecular weight excluding hydrogens is 374 g/mol. The monoisotopic (exact) mass is 393 g/mol. The van der Waals surface area contributed by atoms with E-state index in [1.54, 1.807) is 11.6 Å². The molecule has 0 saturated carbocycles. The lowest BCUT2D eigenvalue weighted by Crippen LogP contribution is -2.25. The van der Waals surface area contributed by atoms with E-state index >= 15 is 0 Å². The maximum atomic E-state index is 12.8. The molecular formula is C21H20ClN5O. The van der Waals surface area contributed by atoms with Gasteiger partial charge < -0.3 is 9.88 Å². The predicted molar refractivity (Wildman–Crippen MR) is 109 cm³/mol. The minimum absolute atomic E-state index is 0.256. The number of carbonyl (C=O) groups is 1. The molecule has 4 rings (SSSR count). The third-order valence-electron chi connectivity index (χ3n) is 4.75. The second-order valence-corrected chi connectivity index (χ2v) is 7.01. The Balaban J connectivity index is 1.52. The maximum absolute atomic E-state index is 12.8. The number of hydrogen-bond acceptors (Lipinski definition) is 3. The molecule has 2 aromatic heterocycles. The molecule has 0 saturated heterocycles. The molecule has 0 spiro atoms. The fraction of sp³-hybridized carbons (Fsp3) is 0.190. The summed E-state index contributed by atoms with van der Waals surface area (Å²) in [5, 5.41) is 7.69. The molecule has 7 heteroatoms. The Morgan fingerprint density at radius 3 is 2.57 bits per heavy atom. The van der Waals surface area contributed by atoms with E-state index in [1.807, 2.05) is 66.2 Å². The lowest BCUT2D eigenvalue weighted by Gasteiger charge is -2.06. The van der Waals surface area contributed by atoms with E-state index in [2.05, 4.69) is 15.4 Å². The van der Waals surface area contributed by atoms with Gasteiger partial charge in [0, 0.05) is 7.05 Å². The highest BCUT2D eigenvalue weighted by atomic mass is 35.5. The van der Waals surface area contributed by atoms with Crippen LogP contribution in [0.15, 0.2) is 54.6 Å². The molecule has 0 bridgehead atoms. The number of hydrogen-bond donors (Lipinski definition) is 1. The Labute approximate surface area is 167 Å². The van der Waals surface area contributed by atoms with Crippen LogP contribution in [-0.2, 0) is 20.1 Å². The van der Waals surface area contributed by atoms with Crippen LogP contribution in [0.25, 0.3) is 11.0 Å². The second-order valence-electron chi connectivity index (χ2n) is 6.65. The predicted octanol–water partition coefficient (Wildman–Crippen LogP) is 3.71. The molecule has 0 aliphatic heterocycles. The van der Waals surface area contributed by atoms with Crippen molar-refractivity contribution in [2.24, 2.45) is 7.05 Å². The van der Waals surface area contributed by atoms with Crippen LogP contribution in [-0.4, -0.2) is 25.2 Å². The first-order valence-corrected chi connectivity index (χ1v) is 9.37. The van der Waals surface area contributed by atoms with E-state index in [1.165, 1.54) is 0 Å². The van der Waals surface area contributed by atoms with Gasteiger partial charge in [-0.1, -0.05) is 54.1 Å². The van der Waals surface area contributed by atoms with Crippen LogP contribution < -0.4 is 5.32 Å². The molecule has 0 fully saturated rings. The van der Waals surface area contributed by atoms with Crippen LogP contribution in [0.3, 0.4) is 0 Å². The third kappa shape index (κ3) is 3.39. The summed E-state index contributed by atoms with van der Waals surface area (Å²) in [4.78, 5) is 17.3. The Bertz CT molecular complexity index is 1150. The number of fused-ring (bicyclic) bond motifs is 1. The van der Waals surface area contributed by atoms with Crippen LogP contribution in [0.4, 0.5) is 0 Å². The summed E-state index contributed by atoms with van der Waals surface area (Å²) in [7, 11) is 1.94. The molecule has 6 nitrogen and oxygen atoms in total. The van der Waals surface area contributed by atoms with Crippen molar-refractivity contribution in [2.45, 2.75) is 20.0 Å². The van der Waals surface area contributed by atoms with Crippen LogP contribution in [0.2, 0.25) is 5.15 Å². The number of para-hydroxylation sites is 2. The molecule has 1 N–H and O–H groups in total. The summed E-state index contributed by atoms with van der Waals surface area (Å²) in [5.41, 5.74) is 3.99. The first kappa shape index (κ1) is 18.3. The van der Waals surface area contributed by atoms with Gasteiger partial charge in [-0.05, 0) is 24.6 Å². The first-order chi connectivity index (χ1) is 13.5. The van der Waals surface area contributed by atoms with Gasteiger partial charge in [-0.3, -0.25) is 4.79 Å². The minimum Gasteiger partial charge on any atom is -0.345 e. The van der Waals surface area contributed by atoms with Crippen LogP contribution in [0, 0.1) is 6.92 Å². The summed E-state index contributed by atoms with van der Waals surface area (Å²) in [5.74, 6) is 0.522. The molecule has 0 aliphatic rings. The van der Waals surface area contributed by atoms with Gasteiger partial charge in [-0.15, -0.1) is 0 Å². The minimum atomic E-state index is -0.256. The molecule has 4 aromatic rings. The highest BCUT2D eigenvalue weighted by Crippen LogP contribution is 2.21. The Morgan fingerprint density at radius 2 is 1.82 bits per heavy atom. The normalized spacial score (nSPS) is 11.1. The van der Waals surface area contributed by atoms with E-state index in [0.29, 0.717) is 29.5 Å². The van der Waals surface area contributed by atoms with E-state index in [4.69, 9.17) is 11.6 Å². The van der Waals surface area contributed by atoms with Crippen molar-refractivity contribution in [2.75, 3.05) is 0 Å². The van der Waals surface area contributed by atoms with Crippen molar-refractivity contribution < 1.29 is 4.79 Å². The number of rotatable bonds is 5. The lowest BCUT2D eigenvalue weighted by molar-refractivity contribution is 0.0949. The van der Waals surface area contributed by atoms with Crippen molar-refractivity contribution in [3.8, 4) is 0 Å². The lowest BCUT2D eigenvalue weighted by atomic mass is 10.2. The van der Waals surface area contributed by atoms with E-state index in [9.17, 15) is 4.79 Å². The van der Waals surface area contributed by atoms with Crippen LogP contribution >= 0.6 is 11.6 Å². The molecule has 0 atom stereocenters. The van der Waals surface area contributed by atoms with Gasteiger partial charge >= 0.3 is 0 Å². The first-order valence-electron chi connectivity index (χ1n) is 9.00. The summed E-state index contributed by atoms with van der Waals surface area (Å²) in [6.45, 7) is 2.61. The van der Waals surface area contributed by atoms with E-state index in [0.717, 1.165) is 22.4 Å². The number of aromatic nitrogens is 4. The van der Waals surface area contributed by atoms with Gasteiger partial charge in [0.05, 0.1) is 35.4 Å². The number of carbonyl (C=O) groups excluding carboxylic acids is 1. The third-order valence-corrected chi connectivity index (χ3v) is 5.14. The molecule has 2 heterocycles. The Kier molecular flexibility index (Phi) is 4.88. The van der Waals surface area contributed by atoms with Crippen LogP contribution in [0.5, 0.6) is 0 Å². The van der Waals surface area contributed by atoms with Gasteiger partial charge in [-0.25, -0.2) is 9.67 Å². The summed E-state index contributed by atoms with van der Waals surface area (Å²) < 4.78 is 3.62. The number of nitrogens with one attached hydrogen (secondary N) is 1. The zero-order valence-corrected chi connectivity index (χ0v) is 16.4. The Morgan fingerprint density at radius 1 is 1.11 bits per heavy atom. The number of aryl methyl sites for hydroxylation is 2. The smallest absolute Gasteiger partial charge is 0.256 e. The Hall–Kier alpha value is -3.12. The highest BCUT2D eigenvalue weighted by Gasteiger charge is 2.21. The number of amides is 1. The quantitative estimate of drug-likeness (QED) is 0.562. The average Bonchev–Trinajstić information content (AvgIpc) is 3.17. The molecule has 0 radical (unpaired) electrons. The summed E-state index contributed by atoms with van der Waals surface area (Å²) >= 11 is 6.47. The number of halogens is 1. The molecule has 0 unspecified atom stereocenters. The maximum Gasteiger partial charge on any atom is 0.256 e. The summed E-state index contributed by atoms with van der Waals surface area (Å²) in [6, 6.07) is 17.8. The standard InChI is InChI=1S/C21H20ClN5O/c1-14-19(20(22)27(25-14)13-15-8-4-3-5-9-15)21(28)23-12-18-24-16-10-6-7-11-17(16)26(18)2/h3-11H,12-13H2,1-2H3,(H,23,28). The fourth-order valence-electron chi connectivity index (χ4n) is 3.27. The number of nitrogens with zero attached hydrogens (tertiary/aromatic N) is 4. The molecule has 0 aliphatic carbocycles. The average molecular weight is 394 g/mol. The van der Waals surface area contributed by atoms with Gasteiger partial charge in [0.1, 0.15) is 11.0 Å². The molecule has 142 valence electrons. The second kappa shape index (κ2) is 7.48. The number of benzene rings is 2. The summed E-state index contributed by atoms with van der Waals surface area (Å²) in [6.07, 6.45) is 0. The van der Waals surface area contributed by atoms with Gasteiger partial charge in [0.25, 0.3) is 5.91 Å². The SMILES string of the molecule is Cc1nn(Cc2ccccc2)c(Cl)c1C(=O)NCc1nc2ccccc2n1C. The van der Waals surface area contributed by atoms with E-state index < -0.39 is 0 Å². The fourth-order valence-corrected chi connectivity index (χ4v) is 3.59. The highest BCUT2D eigenvalue weighted by molar-refractivity contribution is 6.33. The molecule has 1 amide bonds. The van der Waals surface area contributed by atoms with Gasteiger partial charge in [0.15, 0.2) is 0 Å². The van der Waals surface area contributed by atoms with Gasteiger partial charge in [-0.2, -0.15) is 5.10 Å². The number of imidazole rings is 1. The molecule has 2 aromatic carbocycles. The van der Waals surface area contributed by atoms with Crippen molar-refractivity contribution in [1.82, 2.24) is 24.6 Å². The van der Waals surface area contributed by atoms with Gasteiger partial charge in [0.2, 0.25) is 0 Å². The zero-order valence-electron chi connectivity index (χ0n) is 15.7. The molecule has 28 heavy (non-hydrogen) atoms. The van der Waals surface area contributed by atoms with Crippen molar-refractivity contribution >= 4 is 28.5 Å². The van der Waals surface area contributed by atoms with Crippen molar-refractivity contribution in [1.29, 1.82) is 0 Å².